The lowest BCUT2D eigenvalue weighted by molar-refractivity contribution is 0.478. The number of thioether (sulfide) groups is 1. The lowest BCUT2D eigenvalue weighted by Crippen LogP contribution is -2.40. The Hall–Kier alpha value is -4.93. The summed E-state index contributed by atoms with van der Waals surface area (Å²) >= 11 is 1.88. The number of allylic oxidation sites excluding steroid dienone is 6. The summed E-state index contributed by atoms with van der Waals surface area (Å²) in [6.45, 7) is 2.17. The Balaban J connectivity index is 1.27. The number of nitrogens with zero attached hydrogens (tertiary/aromatic N) is 2. The summed E-state index contributed by atoms with van der Waals surface area (Å²) in [7, 11) is 0. The van der Waals surface area contributed by atoms with Crippen LogP contribution >= 0.6 is 11.8 Å². The first kappa shape index (κ1) is 27.6. The summed E-state index contributed by atoms with van der Waals surface area (Å²) in [6.07, 6.45) is 15.9. The second kappa shape index (κ2) is 11.5. The zero-order chi connectivity index (χ0) is 30.2. The summed E-state index contributed by atoms with van der Waals surface area (Å²) in [6, 6.07) is 38.6. The predicted molar refractivity (Wildman–Crippen MR) is 190 cm³/mol. The lowest BCUT2D eigenvalue weighted by Gasteiger charge is -2.41. The molecule has 1 spiro atoms. The fourth-order valence-corrected chi connectivity index (χ4v) is 8.25. The van der Waals surface area contributed by atoms with Gasteiger partial charge in [-0.2, -0.15) is 0 Å². The Morgan fingerprint density at radius 3 is 1.89 bits per heavy atom. The zero-order valence-electron chi connectivity index (χ0n) is 25.0. The third-order valence-electron chi connectivity index (χ3n) is 9.19. The Morgan fingerprint density at radius 2 is 1.27 bits per heavy atom. The molecule has 45 heavy (non-hydrogen) atoms. The number of nitrogens with one attached hydrogen (secondary N) is 1. The van der Waals surface area contributed by atoms with Crippen LogP contribution in [0.1, 0.15) is 29.2 Å². The molecule has 8 rings (SSSR count). The molecule has 2 atom stereocenters. The molecule has 0 aromatic heterocycles. The summed E-state index contributed by atoms with van der Waals surface area (Å²) in [5.41, 5.74) is 9.51. The van der Waals surface area contributed by atoms with Crippen molar-refractivity contribution in [2.24, 2.45) is 15.9 Å². The average Bonchev–Trinajstić information content (AvgIpc) is 3.39. The lowest BCUT2D eigenvalue weighted by atomic mass is 9.65. The molecule has 0 saturated heterocycles. The van der Waals surface area contributed by atoms with Crippen molar-refractivity contribution in [2.75, 3.05) is 0 Å². The Kier molecular flexibility index (Phi) is 7.08. The number of amidine groups is 2. The minimum absolute atomic E-state index is 0.164. The Bertz CT molecular complexity index is 1880. The van der Waals surface area contributed by atoms with Crippen LogP contribution in [0.4, 0.5) is 0 Å². The summed E-state index contributed by atoms with van der Waals surface area (Å²) in [5.74, 6) is 1.85. The monoisotopic (exact) mass is 599 g/mol. The van der Waals surface area contributed by atoms with Gasteiger partial charge in [0.2, 0.25) is 0 Å². The van der Waals surface area contributed by atoms with E-state index in [1.165, 1.54) is 27.8 Å². The maximum atomic E-state index is 5.19. The molecule has 0 saturated carbocycles. The number of benzene rings is 4. The van der Waals surface area contributed by atoms with Crippen molar-refractivity contribution >= 4 is 23.4 Å². The van der Waals surface area contributed by atoms with Gasteiger partial charge in [0.15, 0.2) is 6.17 Å². The molecule has 2 aliphatic carbocycles. The van der Waals surface area contributed by atoms with Crippen LogP contribution < -0.4 is 5.32 Å². The van der Waals surface area contributed by atoms with Gasteiger partial charge in [0.1, 0.15) is 11.7 Å². The molecule has 0 radical (unpaired) electrons. The van der Waals surface area contributed by atoms with Crippen molar-refractivity contribution in [2.45, 2.75) is 23.8 Å². The maximum Gasteiger partial charge on any atom is 0.169 e. The number of hydrogen-bond donors (Lipinski definition) is 1. The van der Waals surface area contributed by atoms with Crippen LogP contribution in [0.25, 0.3) is 11.1 Å². The standard InChI is InChI=1S/C41H33N3S/c1-28-13-12-25-41(34-20-10-8-18-32(34)33-19-9-11-21-35(33)41)36-23-22-31(27-37(36)45-26-24-28)40-43-38(29-14-4-2-5-15-29)42-39(44-40)30-16-6-3-7-17-30/h2-27,36-37,40H,1H3,(H,42,43,44)/b25-12+,26-24?,28-13?. The molecule has 1 N–H and O–H groups in total. The van der Waals surface area contributed by atoms with Crippen molar-refractivity contribution in [3.63, 3.8) is 0 Å². The highest BCUT2D eigenvalue weighted by molar-refractivity contribution is 8.02. The van der Waals surface area contributed by atoms with Gasteiger partial charge in [-0.1, -0.05) is 157 Å². The second-order valence-corrected chi connectivity index (χ2v) is 13.0. The SMILES string of the molecule is CC1=C/C=C/C2(c3ccccc3-c3ccccc32)C2C=CC(C3N=C(c4ccccc4)NC(c4ccccc4)=N3)=CC2SC=C1. The number of rotatable bonds is 3. The quantitative estimate of drug-likeness (QED) is 0.255. The Labute approximate surface area is 269 Å². The topological polar surface area (TPSA) is 36.8 Å². The van der Waals surface area contributed by atoms with E-state index in [1.807, 2.05) is 23.9 Å². The van der Waals surface area contributed by atoms with Gasteiger partial charge in [-0.15, -0.1) is 11.8 Å². The van der Waals surface area contributed by atoms with Crippen molar-refractivity contribution < 1.29 is 0 Å². The van der Waals surface area contributed by atoms with Gasteiger partial charge in [0.25, 0.3) is 0 Å². The molecular weight excluding hydrogens is 567 g/mol. The zero-order valence-corrected chi connectivity index (χ0v) is 25.9. The molecule has 4 aromatic carbocycles. The first-order valence-corrected chi connectivity index (χ1v) is 16.5. The maximum absolute atomic E-state index is 5.19. The highest BCUT2D eigenvalue weighted by Crippen LogP contribution is 2.57. The smallest absolute Gasteiger partial charge is 0.169 e. The summed E-state index contributed by atoms with van der Waals surface area (Å²) in [4.78, 5) is 10.4. The molecule has 218 valence electrons. The predicted octanol–water partition coefficient (Wildman–Crippen LogP) is 9.02. The van der Waals surface area contributed by atoms with Crippen LogP contribution in [0.2, 0.25) is 0 Å². The number of fused-ring (bicyclic) bond motifs is 7. The van der Waals surface area contributed by atoms with Gasteiger partial charge < -0.3 is 5.32 Å². The molecule has 0 amide bonds. The van der Waals surface area contributed by atoms with Crippen LogP contribution in [-0.2, 0) is 5.41 Å². The molecule has 2 heterocycles. The van der Waals surface area contributed by atoms with Crippen molar-refractivity contribution in [1.29, 1.82) is 0 Å². The molecule has 4 aliphatic rings. The molecular formula is C41H33N3S. The van der Waals surface area contributed by atoms with Crippen molar-refractivity contribution in [1.82, 2.24) is 5.32 Å². The van der Waals surface area contributed by atoms with Crippen LogP contribution in [0.5, 0.6) is 0 Å². The normalized spacial score (nSPS) is 22.2. The largest absolute Gasteiger partial charge is 0.324 e. The van der Waals surface area contributed by atoms with E-state index in [4.69, 9.17) is 9.98 Å². The van der Waals surface area contributed by atoms with E-state index >= 15 is 0 Å². The van der Waals surface area contributed by atoms with Gasteiger partial charge in [0, 0.05) is 27.7 Å². The van der Waals surface area contributed by atoms with E-state index in [9.17, 15) is 0 Å². The van der Waals surface area contributed by atoms with E-state index < -0.39 is 0 Å². The molecule has 2 unspecified atom stereocenters. The highest BCUT2D eigenvalue weighted by atomic mass is 32.2. The van der Waals surface area contributed by atoms with Crippen LogP contribution in [0.3, 0.4) is 0 Å². The van der Waals surface area contributed by atoms with Crippen LogP contribution in [0, 0.1) is 5.92 Å². The first-order chi connectivity index (χ1) is 22.2. The molecule has 4 aromatic rings. The average molecular weight is 600 g/mol. The van der Waals surface area contributed by atoms with Gasteiger partial charge in [-0.05, 0) is 40.2 Å². The van der Waals surface area contributed by atoms with Gasteiger partial charge in [0.05, 0.1) is 0 Å². The van der Waals surface area contributed by atoms with Gasteiger partial charge >= 0.3 is 0 Å². The van der Waals surface area contributed by atoms with E-state index in [1.54, 1.807) is 0 Å². The minimum atomic E-state index is -0.356. The number of aliphatic imine (C=N–C) groups is 2. The summed E-state index contributed by atoms with van der Waals surface area (Å²) in [5, 5.41) is 5.95. The van der Waals surface area contributed by atoms with Crippen LogP contribution in [0.15, 0.2) is 178 Å². The molecule has 0 bridgehead atoms. The van der Waals surface area contributed by atoms with E-state index in [0.717, 1.165) is 28.4 Å². The second-order valence-electron chi connectivity index (χ2n) is 11.9. The highest BCUT2D eigenvalue weighted by Gasteiger charge is 2.49. The third-order valence-corrected chi connectivity index (χ3v) is 10.2. The number of hydrogen-bond acceptors (Lipinski definition) is 4. The fraction of sp³-hybridized carbons (Fsp3) is 0.122. The molecule has 2 aliphatic heterocycles. The van der Waals surface area contributed by atoms with E-state index in [0.29, 0.717) is 0 Å². The Morgan fingerprint density at radius 1 is 0.689 bits per heavy atom. The fourth-order valence-electron chi connectivity index (χ4n) is 7.06. The van der Waals surface area contributed by atoms with Crippen molar-refractivity contribution in [3.05, 3.63) is 191 Å². The van der Waals surface area contributed by atoms with Crippen molar-refractivity contribution in [3.8, 4) is 11.1 Å². The van der Waals surface area contributed by atoms with E-state index in [2.05, 4.69) is 157 Å². The first-order valence-electron chi connectivity index (χ1n) is 15.5. The van der Waals surface area contributed by atoms with Gasteiger partial charge in [-0.3, -0.25) is 0 Å². The summed E-state index contributed by atoms with van der Waals surface area (Å²) < 4.78 is 0. The molecule has 0 fully saturated rings. The van der Waals surface area contributed by atoms with Crippen LogP contribution in [-0.4, -0.2) is 23.1 Å². The third kappa shape index (κ3) is 4.86. The van der Waals surface area contributed by atoms with Gasteiger partial charge in [-0.25, -0.2) is 9.98 Å². The molecule has 4 heteroatoms. The minimum Gasteiger partial charge on any atom is -0.324 e. The molecule has 3 nitrogen and oxygen atoms in total. The van der Waals surface area contributed by atoms with E-state index in [-0.39, 0.29) is 22.7 Å².